The lowest BCUT2D eigenvalue weighted by molar-refractivity contribution is 0.557. The van der Waals surface area contributed by atoms with Gasteiger partial charge in [-0.1, -0.05) is 48.5 Å². The molecule has 1 aliphatic heterocycles. The first kappa shape index (κ1) is 19.6. The molecule has 0 aliphatic carbocycles. The Morgan fingerprint density at radius 1 is 0.897 bits per heavy atom. The van der Waals surface area contributed by atoms with Crippen LogP contribution in [0.2, 0.25) is 0 Å². The molecule has 0 atom stereocenters. The van der Waals surface area contributed by atoms with Gasteiger partial charge >= 0.3 is 0 Å². The predicted octanol–water partition coefficient (Wildman–Crippen LogP) is 3.91. The van der Waals surface area contributed by atoms with Gasteiger partial charge in [0.05, 0.1) is 0 Å². The third-order valence-corrected chi connectivity index (χ3v) is 6.76. The fourth-order valence-corrected chi connectivity index (χ4v) is 4.77. The van der Waals surface area contributed by atoms with Gasteiger partial charge in [-0.15, -0.1) is 0 Å². The van der Waals surface area contributed by atoms with Crippen LogP contribution in [0.15, 0.2) is 77.7 Å². The lowest BCUT2D eigenvalue weighted by Gasteiger charge is -2.30. The second kappa shape index (κ2) is 8.35. The van der Waals surface area contributed by atoms with Crippen LogP contribution < -0.4 is 9.62 Å². The molecule has 1 heterocycles. The van der Waals surface area contributed by atoms with Gasteiger partial charge in [0.25, 0.3) is 0 Å². The summed E-state index contributed by atoms with van der Waals surface area (Å²) < 4.78 is 40.7. The molecule has 0 radical (unpaired) electrons. The van der Waals surface area contributed by atoms with E-state index in [1.165, 1.54) is 29.3 Å². The lowest BCUT2D eigenvalue weighted by atomic mass is 9.99. The highest BCUT2D eigenvalue weighted by Gasteiger charge is 2.18. The van der Waals surface area contributed by atoms with E-state index in [4.69, 9.17) is 0 Å². The molecule has 29 heavy (non-hydrogen) atoms. The van der Waals surface area contributed by atoms with Crippen LogP contribution in [-0.4, -0.2) is 21.5 Å². The molecule has 150 valence electrons. The average molecular weight is 411 g/mol. The van der Waals surface area contributed by atoms with Crippen molar-refractivity contribution >= 4 is 15.7 Å². The second-order valence-electron chi connectivity index (χ2n) is 7.18. The Morgan fingerprint density at radius 2 is 1.59 bits per heavy atom. The van der Waals surface area contributed by atoms with Crippen LogP contribution in [0.4, 0.5) is 10.1 Å². The molecule has 0 spiro atoms. The van der Waals surface area contributed by atoms with E-state index in [0.717, 1.165) is 36.8 Å². The Balaban J connectivity index is 1.35. The number of halogens is 1. The summed E-state index contributed by atoms with van der Waals surface area (Å²) >= 11 is 0. The molecule has 0 fully saturated rings. The molecule has 6 heteroatoms. The summed E-state index contributed by atoms with van der Waals surface area (Å²) in [6, 6.07) is 22.1. The smallest absolute Gasteiger partial charge is 0.243 e. The third-order valence-electron chi connectivity index (χ3n) is 5.26. The molecule has 3 aromatic carbocycles. The van der Waals surface area contributed by atoms with Crippen molar-refractivity contribution in [2.24, 2.45) is 0 Å². The van der Waals surface area contributed by atoms with Gasteiger partial charge in [0.15, 0.2) is 0 Å². The summed E-state index contributed by atoms with van der Waals surface area (Å²) in [5, 5.41) is 0. The second-order valence-corrected chi connectivity index (χ2v) is 8.92. The standard InChI is InChI=1S/C23H23FN2O2S/c24-22-7-3-4-8-23(22)29(27,28)25-15-13-18-9-11-21(12-10-18)26-16-14-19-5-1-2-6-20(19)17-26/h1-12,25H,13-17H2. The topological polar surface area (TPSA) is 49.4 Å². The Morgan fingerprint density at radius 3 is 2.34 bits per heavy atom. The molecule has 0 bridgehead atoms. The highest BCUT2D eigenvalue weighted by atomic mass is 32.2. The van der Waals surface area contributed by atoms with Gasteiger partial charge in [-0.2, -0.15) is 0 Å². The number of rotatable bonds is 6. The number of nitrogens with one attached hydrogen (secondary N) is 1. The summed E-state index contributed by atoms with van der Waals surface area (Å²) in [5.41, 5.74) is 4.98. The Hall–Kier alpha value is -2.70. The third kappa shape index (κ3) is 4.49. The van der Waals surface area contributed by atoms with Crippen LogP contribution >= 0.6 is 0 Å². The average Bonchev–Trinajstić information content (AvgIpc) is 2.74. The maximum absolute atomic E-state index is 13.7. The Labute approximate surface area is 171 Å². The number of benzene rings is 3. The van der Waals surface area contributed by atoms with E-state index >= 15 is 0 Å². The SMILES string of the molecule is O=S(=O)(NCCc1ccc(N2CCc3ccccc3C2)cc1)c1ccccc1F. The maximum atomic E-state index is 13.7. The van der Waals surface area contributed by atoms with E-state index in [-0.39, 0.29) is 11.4 Å². The fourth-order valence-electron chi connectivity index (χ4n) is 3.66. The van der Waals surface area contributed by atoms with Gasteiger partial charge in [0.2, 0.25) is 10.0 Å². The number of anilines is 1. The molecule has 3 aromatic rings. The van der Waals surface area contributed by atoms with Crippen molar-refractivity contribution in [3.05, 3.63) is 95.3 Å². The quantitative estimate of drug-likeness (QED) is 0.670. The summed E-state index contributed by atoms with van der Waals surface area (Å²) in [5.74, 6) is -0.743. The monoisotopic (exact) mass is 410 g/mol. The minimum absolute atomic E-state index is 0.215. The molecule has 4 nitrogen and oxygen atoms in total. The van der Waals surface area contributed by atoms with E-state index < -0.39 is 15.8 Å². The zero-order chi connectivity index (χ0) is 20.3. The molecular formula is C23H23FN2O2S. The van der Waals surface area contributed by atoms with E-state index in [2.05, 4.69) is 46.0 Å². The molecule has 0 amide bonds. The first-order chi connectivity index (χ1) is 14.0. The molecule has 0 unspecified atom stereocenters. The van der Waals surface area contributed by atoms with Crippen LogP contribution in [0.25, 0.3) is 0 Å². The van der Waals surface area contributed by atoms with Crippen molar-refractivity contribution < 1.29 is 12.8 Å². The minimum Gasteiger partial charge on any atom is -0.367 e. The zero-order valence-corrected chi connectivity index (χ0v) is 16.8. The van der Waals surface area contributed by atoms with Crippen LogP contribution in [0, 0.1) is 5.82 Å². The Kier molecular flexibility index (Phi) is 5.65. The van der Waals surface area contributed by atoms with Gasteiger partial charge in [0.1, 0.15) is 10.7 Å². The molecule has 1 aliphatic rings. The van der Waals surface area contributed by atoms with Gasteiger partial charge in [0, 0.05) is 25.3 Å². The van der Waals surface area contributed by atoms with Crippen LogP contribution in [0.1, 0.15) is 16.7 Å². The summed E-state index contributed by atoms with van der Waals surface area (Å²) in [7, 11) is -3.85. The van der Waals surface area contributed by atoms with Crippen molar-refractivity contribution in [2.45, 2.75) is 24.3 Å². The van der Waals surface area contributed by atoms with Crippen LogP contribution in [-0.2, 0) is 29.4 Å². The van der Waals surface area contributed by atoms with Gasteiger partial charge < -0.3 is 4.90 Å². The van der Waals surface area contributed by atoms with Crippen LogP contribution in [0.3, 0.4) is 0 Å². The molecule has 0 aromatic heterocycles. The van der Waals surface area contributed by atoms with Crippen LogP contribution in [0.5, 0.6) is 0 Å². The fraction of sp³-hybridized carbons (Fsp3) is 0.217. The maximum Gasteiger partial charge on any atom is 0.243 e. The molecule has 4 rings (SSSR count). The zero-order valence-electron chi connectivity index (χ0n) is 16.0. The minimum atomic E-state index is -3.85. The molecule has 1 N–H and O–H groups in total. The number of fused-ring (bicyclic) bond motifs is 1. The summed E-state index contributed by atoms with van der Waals surface area (Å²) in [4.78, 5) is 2.04. The van der Waals surface area contributed by atoms with E-state index in [1.807, 2.05) is 12.1 Å². The van der Waals surface area contributed by atoms with Gasteiger partial charge in [-0.3, -0.25) is 0 Å². The van der Waals surface area contributed by atoms with Crippen molar-refractivity contribution in [2.75, 3.05) is 18.0 Å². The normalized spacial score (nSPS) is 13.9. The number of hydrogen-bond acceptors (Lipinski definition) is 3. The lowest BCUT2D eigenvalue weighted by Crippen LogP contribution is -2.30. The van der Waals surface area contributed by atoms with Crippen molar-refractivity contribution in [3.8, 4) is 0 Å². The van der Waals surface area contributed by atoms with Crippen molar-refractivity contribution in [3.63, 3.8) is 0 Å². The largest absolute Gasteiger partial charge is 0.367 e. The summed E-state index contributed by atoms with van der Waals surface area (Å²) in [6.07, 6.45) is 1.58. The molecule has 0 saturated carbocycles. The molecule has 0 saturated heterocycles. The van der Waals surface area contributed by atoms with E-state index in [9.17, 15) is 12.8 Å². The highest BCUT2D eigenvalue weighted by Crippen LogP contribution is 2.24. The van der Waals surface area contributed by atoms with Crippen molar-refractivity contribution in [1.29, 1.82) is 0 Å². The number of sulfonamides is 1. The summed E-state index contributed by atoms with van der Waals surface area (Å²) in [6.45, 7) is 2.10. The predicted molar refractivity (Wildman–Crippen MR) is 113 cm³/mol. The van der Waals surface area contributed by atoms with Crippen molar-refractivity contribution in [1.82, 2.24) is 4.72 Å². The first-order valence-electron chi connectivity index (χ1n) is 9.68. The number of hydrogen-bond donors (Lipinski definition) is 1. The van der Waals surface area contributed by atoms with E-state index in [0.29, 0.717) is 6.42 Å². The van der Waals surface area contributed by atoms with E-state index in [1.54, 1.807) is 0 Å². The van der Waals surface area contributed by atoms with Gasteiger partial charge in [-0.25, -0.2) is 17.5 Å². The first-order valence-corrected chi connectivity index (χ1v) is 11.2. The highest BCUT2D eigenvalue weighted by molar-refractivity contribution is 7.89. The Bertz CT molecular complexity index is 1100. The molecular weight excluding hydrogens is 387 g/mol. The number of nitrogens with zero attached hydrogens (tertiary/aromatic N) is 1. The van der Waals surface area contributed by atoms with Gasteiger partial charge in [-0.05, 0) is 53.8 Å².